The van der Waals surface area contributed by atoms with Crippen molar-refractivity contribution < 1.29 is 9.53 Å². The first-order valence-electron chi connectivity index (χ1n) is 7.22. The summed E-state index contributed by atoms with van der Waals surface area (Å²) in [6, 6.07) is 9.88. The zero-order chi connectivity index (χ0) is 14.4. The van der Waals surface area contributed by atoms with Crippen molar-refractivity contribution in [3.05, 3.63) is 58.9 Å². The Labute approximate surface area is 123 Å². The third kappa shape index (κ3) is 2.07. The van der Waals surface area contributed by atoms with E-state index in [-0.39, 0.29) is 12.0 Å². The van der Waals surface area contributed by atoms with Crippen molar-refractivity contribution in [3.8, 4) is 5.75 Å². The second kappa shape index (κ2) is 4.58. The smallest absolute Gasteiger partial charge is 0.256 e. The summed E-state index contributed by atoms with van der Waals surface area (Å²) in [5.41, 5.74) is 3.99. The van der Waals surface area contributed by atoms with Crippen LogP contribution in [0.4, 0.5) is 0 Å². The molecular weight excluding hydrogens is 264 g/mol. The van der Waals surface area contributed by atoms with Crippen LogP contribution in [-0.4, -0.2) is 21.9 Å². The lowest BCUT2D eigenvalue weighted by molar-refractivity contribution is 0.0766. The molecule has 1 atom stereocenters. The van der Waals surface area contributed by atoms with Crippen molar-refractivity contribution in [3.63, 3.8) is 0 Å². The van der Waals surface area contributed by atoms with E-state index in [9.17, 15) is 4.79 Å². The summed E-state index contributed by atoms with van der Waals surface area (Å²) < 4.78 is 5.71. The molecule has 0 bridgehead atoms. The number of hydrogen-bond acceptors (Lipinski definition) is 3. The van der Waals surface area contributed by atoms with Crippen LogP contribution in [0.2, 0.25) is 0 Å². The molecule has 0 N–H and O–H groups in total. The summed E-state index contributed by atoms with van der Waals surface area (Å²) in [4.78, 5) is 18.5. The number of nitrogens with zero attached hydrogens (tertiary/aromatic N) is 2. The molecule has 4 nitrogen and oxygen atoms in total. The average Bonchev–Trinajstić information content (AvgIpc) is 2.99. The van der Waals surface area contributed by atoms with Gasteiger partial charge in [0, 0.05) is 19.2 Å². The van der Waals surface area contributed by atoms with Gasteiger partial charge >= 0.3 is 0 Å². The summed E-state index contributed by atoms with van der Waals surface area (Å²) in [7, 11) is 0. The molecule has 2 aromatic rings. The molecule has 2 aliphatic heterocycles. The predicted molar refractivity (Wildman–Crippen MR) is 78.1 cm³/mol. The molecular formula is C17H16N2O2. The minimum atomic E-state index is 0.0724. The number of hydrogen-bond donors (Lipinski definition) is 0. The first-order valence-corrected chi connectivity index (χ1v) is 7.22. The minimum Gasteiger partial charge on any atom is -0.490 e. The van der Waals surface area contributed by atoms with Gasteiger partial charge in [0.1, 0.15) is 11.9 Å². The molecule has 0 radical (unpaired) electrons. The topological polar surface area (TPSA) is 42.4 Å². The van der Waals surface area contributed by atoms with Crippen LogP contribution in [0.1, 0.15) is 34.1 Å². The van der Waals surface area contributed by atoms with Gasteiger partial charge in [-0.05, 0) is 36.2 Å². The van der Waals surface area contributed by atoms with E-state index in [4.69, 9.17) is 4.74 Å². The Morgan fingerprint density at radius 2 is 2.29 bits per heavy atom. The Kier molecular flexibility index (Phi) is 2.70. The second-order valence-corrected chi connectivity index (χ2v) is 5.73. The highest BCUT2D eigenvalue weighted by atomic mass is 16.5. The van der Waals surface area contributed by atoms with Crippen LogP contribution in [0.25, 0.3) is 0 Å². The SMILES string of the molecule is C[C@@H]1Cc2cc(CN3Cc4ncccc4C3=O)ccc2O1. The molecule has 4 heteroatoms. The average molecular weight is 280 g/mol. The van der Waals surface area contributed by atoms with Crippen molar-refractivity contribution >= 4 is 5.91 Å². The van der Waals surface area contributed by atoms with E-state index in [1.165, 1.54) is 5.56 Å². The molecule has 0 saturated heterocycles. The maximum absolute atomic E-state index is 12.3. The molecule has 0 saturated carbocycles. The van der Waals surface area contributed by atoms with Gasteiger partial charge in [-0.25, -0.2) is 0 Å². The maximum atomic E-state index is 12.3. The lowest BCUT2D eigenvalue weighted by Crippen LogP contribution is -2.23. The minimum absolute atomic E-state index is 0.0724. The van der Waals surface area contributed by atoms with Gasteiger partial charge in [0.15, 0.2) is 0 Å². The molecule has 2 aliphatic rings. The number of fused-ring (bicyclic) bond motifs is 2. The van der Waals surface area contributed by atoms with E-state index in [0.29, 0.717) is 13.1 Å². The largest absolute Gasteiger partial charge is 0.490 e. The molecule has 0 aliphatic carbocycles. The number of aromatic nitrogens is 1. The molecule has 0 spiro atoms. The van der Waals surface area contributed by atoms with Crippen LogP contribution in [0.5, 0.6) is 5.75 Å². The summed E-state index contributed by atoms with van der Waals surface area (Å²) >= 11 is 0. The van der Waals surface area contributed by atoms with Crippen molar-refractivity contribution in [1.29, 1.82) is 0 Å². The predicted octanol–water partition coefficient (Wildman–Crippen LogP) is 2.56. The first-order chi connectivity index (χ1) is 10.2. The Morgan fingerprint density at radius 3 is 3.14 bits per heavy atom. The molecule has 0 unspecified atom stereocenters. The molecule has 1 aromatic carbocycles. The fourth-order valence-corrected chi connectivity index (χ4v) is 3.10. The van der Waals surface area contributed by atoms with Gasteiger partial charge in [-0.3, -0.25) is 9.78 Å². The number of carbonyl (C=O) groups excluding carboxylic acids is 1. The van der Waals surface area contributed by atoms with Gasteiger partial charge in [0.2, 0.25) is 0 Å². The number of ether oxygens (including phenoxy) is 1. The Morgan fingerprint density at radius 1 is 1.38 bits per heavy atom. The molecule has 106 valence electrons. The number of carbonyl (C=O) groups is 1. The van der Waals surface area contributed by atoms with Crippen LogP contribution in [0.15, 0.2) is 36.5 Å². The van der Waals surface area contributed by atoms with Crippen LogP contribution in [0.3, 0.4) is 0 Å². The van der Waals surface area contributed by atoms with Crippen LogP contribution in [-0.2, 0) is 19.5 Å². The highest BCUT2D eigenvalue weighted by Crippen LogP contribution is 2.30. The van der Waals surface area contributed by atoms with E-state index in [0.717, 1.165) is 29.0 Å². The monoisotopic (exact) mass is 280 g/mol. The fourth-order valence-electron chi connectivity index (χ4n) is 3.10. The number of rotatable bonds is 2. The quantitative estimate of drug-likeness (QED) is 0.849. The number of amides is 1. The molecule has 21 heavy (non-hydrogen) atoms. The fraction of sp³-hybridized carbons (Fsp3) is 0.294. The van der Waals surface area contributed by atoms with E-state index in [1.807, 2.05) is 29.2 Å². The highest BCUT2D eigenvalue weighted by Gasteiger charge is 2.28. The van der Waals surface area contributed by atoms with Gasteiger partial charge in [0.05, 0.1) is 17.8 Å². The molecule has 3 heterocycles. The standard InChI is InChI=1S/C17H16N2O2/c1-11-7-13-8-12(4-5-16(13)21-11)9-19-10-15-14(17(19)20)3-2-6-18-15/h2-6,8,11H,7,9-10H2,1H3/t11-/m1/s1. The zero-order valence-electron chi connectivity index (χ0n) is 11.9. The van der Waals surface area contributed by atoms with Gasteiger partial charge in [0.25, 0.3) is 5.91 Å². The maximum Gasteiger partial charge on any atom is 0.256 e. The number of pyridine rings is 1. The van der Waals surface area contributed by atoms with Gasteiger partial charge in [-0.1, -0.05) is 12.1 Å². The lowest BCUT2D eigenvalue weighted by atomic mass is 10.1. The van der Waals surface area contributed by atoms with Crippen molar-refractivity contribution in [1.82, 2.24) is 9.88 Å². The molecule has 1 aromatic heterocycles. The Bertz CT molecular complexity index is 726. The van der Waals surface area contributed by atoms with Crippen LogP contribution < -0.4 is 4.74 Å². The van der Waals surface area contributed by atoms with Crippen LogP contribution >= 0.6 is 0 Å². The lowest BCUT2D eigenvalue weighted by Gasteiger charge is -2.15. The van der Waals surface area contributed by atoms with Gasteiger partial charge in [-0.2, -0.15) is 0 Å². The molecule has 4 rings (SSSR count). The highest BCUT2D eigenvalue weighted by molar-refractivity contribution is 5.97. The number of benzene rings is 1. The van der Waals surface area contributed by atoms with E-state index in [1.54, 1.807) is 6.20 Å². The van der Waals surface area contributed by atoms with Crippen molar-refractivity contribution in [2.45, 2.75) is 32.5 Å². The Hall–Kier alpha value is -2.36. The summed E-state index contributed by atoms with van der Waals surface area (Å²) in [5, 5.41) is 0. The van der Waals surface area contributed by atoms with E-state index in [2.05, 4.69) is 18.0 Å². The van der Waals surface area contributed by atoms with E-state index < -0.39 is 0 Å². The summed E-state index contributed by atoms with van der Waals surface area (Å²) in [5.74, 6) is 1.05. The molecule has 0 fully saturated rings. The van der Waals surface area contributed by atoms with Gasteiger partial charge in [-0.15, -0.1) is 0 Å². The first kappa shape index (κ1) is 12.4. The van der Waals surface area contributed by atoms with E-state index >= 15 is 0 Å². The van der Waals surface area contributed by atoms with Crippen molar-refractivity contribution in [2.24, 2.45) is 0 Å². The van der Waals surface area contributed by atoms with Gasteiger partial charge < -0.3 is 9.64 Å². The van der Waals surface area contributed by atoms with Crippen molar-refractivity contribution in [2.75, 3.05) is 0 Å². The third-order valence-corrected chi connectivity index (χ3v) is 4.08. The second-order valence-electron chi connectivity index (χ2n) is 5.73. The third-order valence-electron chi connectivity index (χ3n) is 4.08. The summed E-state index contributed by atoms with van der Waals surface area (Å²) in [6.07, 6.45) is 2.93. The zero-order valence-corrected chi connectivity index (χ0v) is 11.9. The molecule has 1 amide bonds. The summed E-state index contributed by atoms with van der Waals surface area (Å²) in [6.45, 7) is 3.29. The Balaban J connectivity index is 1.56. The normalized spacial score (nSPS) is 19.4. The van der Waals surface area contributed by atoms with Crippen LogP contribution in [0, 0.1) is 0 Å².